The number of benzene rings is 1. The number of rotatable bonds is 10. The highest BCUT2D eigenvalue weighted by atomic mass is 16.5. The van der Waals surface area contributed by atoms with E-state index in [-0.39, 0.29) is 18.2 Å². The molecule has 0 saturated heterocycles. The third kappa shape index (κ3) is 7.97. The van der Waals surface area contributed by atoms with Crippen LogP contribution in [0.1, 0.15) is 38.2 Å². The minimum atomic E-state index is -0.773. The first-order valence-corrected chi connectivity index (χ1v) is 7.19. The molecule has 0 heterocycles. The second-order valence-electron chi connectivity index (χ2n) is 5.32. The van der Waals surface area contributed by atoms with Crippen LogP contribution in [0.2, 0.25) is 0 Å². The average molecular weight is 293 g/mol. The molecule has 0 radical (unpaired) electrons. The Kier molecular flexibility index (Phi) is 7.29. The highest BCUT2D eigenvalue weighted by Gasteiger charge is 2.06. The Morgan fingerprint density at radius 1 is 1.33 bits per heavy atom. The number of ether oxygens (including phenoxy) is 1. The molecule has 0 spiro atoms. The summed E-state index contributed by atoms with van der Waals surface area (Å²) < 4.78 is 5.70. The lowest BCUT2D eigenvalue weighted by Crippen LogP contribution is -2.15. The van der Waals surface area contributed by atoms with Gasteiger partial charge in [0.15, 0.2) is 0 Å². The van der Waals surface area contributed by atoms with E-state index in [0.29, 0.717) is 25.9 Å². The predicted molar refractivity (Wildman–Crippen MR) is 80.1 cm³/mol. The first kappa shape index (κ1) is 17.0. The summed E-state index contributed by atoms with van der Waals surface area (Å²) in [5.74, 6) is -0.0325. The summed E-state index contributed by atoms with van der Waals surface area (Å²) >= 11 is 0. The van der Waals surface area contributed by atoms with Gasteiger partial charge in [0.05, 0.1) is 6.61 Å². The molecule has 1 amide bonds. The minimum absolute atomic E-state index is 0.176. The molecule has 21 heavy (non-hydrogen) atoms. The van der Waals surface area contributed by atoms with Crippen molar-refractivity contribution in [2.45, 2.75) is 39.0 Å². The van der Waals surface area contributed by atoms with Gasteiger partial charge in [-0.25, -0.2) is 0 Å². The van der Waals surface area contributed by atoms with E-state index >= 15 is 0 Å². The number of carbonyl (C=O) groups excluding carboxylic acids is 1. The monoisotopic (exact) mass is 293 g/mol. The first-order chi connectivity index (χ1) is 9.97. The number of nitrogens with two attached hydrogens (primary N) is 1. The van der Waals surface area contributed by atoms with Crippen molar-refractivity contribution >= 4 is 11.9 Å². The molecule has 5 nitrogen and oxygen atoms in total. The molecule has 0 aliphatic heterocycles. The van der Waals surface area contributed by atoms with Gasteiger partial charge in [-0.15, -0.1) is 0 Å². The van der Waals surface area contributed by atoms with Crippen LogP contribution in [0.15, 0.2) is 24.3 Å². The molecule has 0 bridgehead atoms. The van der Waals surface area contributed by atoms with Gasteiger partial charge in [0.25, 0.3) is 0 Å². The summed E-state index contributed by atoms with van der Waals surface area (Å²) in [5.41, 5.74) is 6.18. The second kappa shape index (κ2) is 9.00. The number of primary amides is 1. The molecule has 116 valence electrons. The molecule has 5 heteroatoms. The number of aliphatic carboxylic acids is 1. The molecule has 0 unspecified atom stereocenters. The second-order valence-corrected chi connectivity index (χ2v) is 5.32. The van der Waals surface area contributed by atoms with E-state index in [1.165, 1.54) is 0 Å². The van der Waals surface area contributed by atoms with Crippen molar-refractivity contribution in [1.29, 1.82) is 0 Å². The quantitative estimate of drug-likeness (QED) is 0.693. The van der Waals surface area contributed by atoms with Gasteiger partial charge in [-0.2, -0.15) is 0 Å². The molecular formula is C16H23NO4. The predicted octanol–water partition coefficient (Wildman–Crippen LogP) is 2.37. The standard InChI is InChI=1S/C16H23NO4/c1-12(8-9-15(17)18)11-21-14-6-2-4-13(10-14)5-3-7-16(19)20/h2,4,6,10,12H,3,5,7-9,11H2,1H3,(H2,17,18)(H,19,20)/t12-/m0/s1. The third-order valence-electron chi connectivity index (χ3n) is 3.17. The normalized spacial score (nSPS) is 11.9. The molecule has 1 atom stereocenters. The largest absolute Gasteiger partial charge is 0.493 e. The average Bonchev–Trinajstić information content (AvgIpc) is 2.43. The van der Waals surface area contributed by atoms with E-state index in [2.05, 4.69) is 0 Å². The zero-order valence-electron chi connectivity index (χ0n) is 12.4. The number of hydrogen-bond acceptors (Lipinski definition) is 3. The molecule has 3 N–H and O–H groups in total. The van der Waals surface area contributed by atoms with Gasteiger partial charge in [0.1, 0.15) is 5.75 Å². The van der Waals surface area contributed by atoms with Crippen LogP contribution in [0, 0.1) is 5.92 Å². The Labute approximate surface area is 125 Å². The molecular weight excluding hydrogens is 270 g/mol. The highest BCUT2D eigenvalue weighted by molar-refractivity contribution is 5.73. The topological polar surface area (TPSA) is 89.6 Å². The van der Waals surface area contributed by atoms with Crippen LogP contribution in [0.4, 0.5) is 0 Å². The van der Waals surface area contributed by atoms with Crippen molar-refractivity contribution < 1.29 is 19.4 Å². The Bertz CT molecular complexity index is 473. The Morgan fingerprint density at radius 2 is 2.10 bits per heavy atom. The number of aryl methyl sites for hydroxylation is 1. The summed E-state index contributed by atoms with van der Waals surface area (Å²) in [6, 6.07) is 7.68. The van der Waals surface area contributed by atoms with Crippen molar-refractivity contribution in [3.8, 4) is 5.75 Å². The lowest BCUT2D eigenvalue weighted by molar-refractivity contribution is -0.137. The van der Waals surface area contributed by atoms with E-state index in [1.807, 2.05) is 31.2 Å². The molecule has 0 saturated carbocycles. The van der Waals surface area contributed by atoms with Crippen molar-refractivity contribution in [1.82, 2.24) is 0 Å². The van der Waals surface area contributed by atoms with Crippen LogP contribution >= 0.6 is 0 Å². The van der Waals surface area contributed by atoms with Gasteiger partial charge in [0.2, 0.25) is 5.91 Å². The van der Waals surface area contributed by atoms with Gasteiger partial charge >= 0.3 is 5.97 Å². The molecule has 1 aromatic carbocycles. The van der Waals surface area contributed by atoms with Gasteiger partial charge in [-0.3, -0.25) is 9.59 Å². The zero-order chi connectivity index (χ0) is 15.7. The van der Waals surface area contributed by atoms with Gasteiger partial charge in [-0.05, 0) is 42.9 Å². The minimum Gasteiger partial charge on any atom is -0.493 e. The van der Waals surface area contributed by atoms with Crippen LogP contribution in [-0.4, -0.2) is 23.6 Å². The summed E-state index contributed by atoms with van der Waals surface area (Å²) in [6.07, 6.45) is 2.61. The zero-order valence-corrected chi connectivity index (χ0v) is 12.4. The lowest BCUT2D eigenvalue weighted by atomic mass is 10.1. The van der Waals surface area contributed by atoms with Crippen molar-refractivity contribution in [3.63, 3.8) is 0 Å². The van der Waals surface area contributed by atoms with Crippen molar-refractivity contribution in [3.05, 3.63) is 29.8 Å². The van der Waals surface area contributed by atoms with E-state index in [0.717, 1.165) is 17.7 Å². The van der Waals surface area contributed by atoms with Crippen LogP contribution in [-0.2, 0) is 16.0 Å². The van der Waals surface area contributed by atoms with E-state index < -0.39 is 5.97 Å². The van der Waals surface area contributed by atoms with Gasteiger partial charge < -0.3 is 15.6 Å². The van der Waals surface area contributed by atoms with Crippen LogP contribution in [0.5, 0.6) is 5.75 Å². The number of amides is 1. The Hall–Kier alpha value is -2.04. The van der Waals surface area contributed by atoms with Gasteiger partial charge in [0, 0.05) is 12.8 Å². The van der Waals surface area contributed by atoms with E-state index in [4.69, 9.17) is 15.6 Å². The van der Waals surface area contributed by atoms with Crippen LogP contribution in [0.25, 0.3) is 0 Å². The fourth-order valence-corrected chi connectivity index (χ4v) is 1.94. The smallest absolute Gasteiger partial charge is 0.303 e. The molecule has 0 aliphatic rings. The maximum absolute atomic E-state index is 10.7. The SMILES string of the molecule is C[C@@H](CCC(N)=O)COc1cccc(CCCC(=O)O)c1. The highest BCUT2D eigenvalue weighted by Crippen LogP contribution is 2.17. The number of carboxylic acids is 1. The van der Waals surface area contributed by atoms with Gasteiger partial charge in [-0.1, -0.05) is 19.1 Å². The number of carboxylic acid groups (broad SMARTS) is 1. The van der Waals surface area contributed by atoms with Crippen molar-refractivity contribution in [2.75, 3.05) is 6.61 Å². The maximum Gasteiger partial charge on any atom is 0.303 e. The summed E-state index contributed by atoms with van der Waals surface area (Å²) in [4.78, 5) is 21.2. The molecule has 1 aromatic rings. The van der Waals surface area contributed by atoms with E-state index in [1.54, 1.807) is 0 Å². The number of carbonyl (C=O) groups is 2. The third-order valence-corrected chi connectivity index (χ3v) is 3.17. The summed E-state index contributed by atoms with van der Waals surface area (Å²) in [6.45, 7) is 2.55. The van der Waals surface area contributed by atoms with Crippen LogP contribution < -0.4 is 10.5 Å². The van der Waals surface area contributed by atoms with Crippen LogP contribution in [0.3, 0.4) is 0 Å². The fraction of sp³-hybridized carbons (Fsp3) is 0.500. The Morgan fingerprint density at radius 3 is 2.76 bits per heavy atom. The molecule has 0 fully saturated rings. The Balaban J connectivity index is 2.38. The fourth-order valence-electron chi connectivity index (χ4n) is 1.94. The van der Waals surface area contributed by atoms with E-state index in [9.17, 15) is 9.59 Å². The molecule has 0 aliphatic carbocycles. The maximum atomic E-state index is 10.7. The summed E-state index contributed by atoms with van der Waals surface area (Å²) in [7, 11) is 0. The first-order valence-electron chi connectivity index (χ1n) is 7.19. The lowest BCUT2D eigenvalue weighted by Gasteiger charge is -2.13. The number of hydrogen-bond donors (Lipinski definition) is 2. The van der Waals surface area contributed by atoms with Crippen molar-refractivity contribution in [2.24, 2.45) is 11.7 Å². The summed E-state index contributed by atoms with van der Waals surface area (Å²) in [5, 5.41) is 8.62. The molecule has 0 aromatic heterocycles. The molecule has 1 rings (SSSR count).